The molecule has 0 spiro atoms. The van der Waals surface area contributed by atoms with Gasteiger partial charge in [-0.15, -0.1) is 0 Å². The smallest absolute Gasteiger partial charge is 0.127 e. The first kappa shape index (κ1) is 17.6. The fraction of sp³-hybridized carbons (Fsp3) is 0. The van der Waals surface area contributed by atoms with Crippen molar-refractivity contribution in [3.05, 3.63) is 87.4 Å². The van der Waals surface area contributed by atoms with Crippen molar-refractivity contribution < 1.29 is 4.74 Å². The van der Waals surface area contributed by atoms with E-state index in [2.05, 4.69) is 10.5 Å². The summed E-state index contributed by atoms with van der Waals surface area (Å²) in [6.45, 7) is 0. The molecular formula is C19H13Cl3N2O. The molecule has 0 bridgehead atoms. The van der Waals surface area contributed by atoms with Gasteiger partial charge in [0.2, 0.25) is 0 Å². The summed E-state index contributed by atoms with van der Waals surface area (Å²) in [4.78, 5) is 0. The topological polar surface area (TPSA) is 33.6 Å². The van der Waals surface area contributed by atoms with Gasteiger partial charge < -0.3 is 4.74 Å². The molecule has 0 amide bonds. The quantitative estimate of drug-likeness (QED) is 0.379. The Morgan fingerprint density at radius 2 is 1.40 bits per heavy atom. The van der Waals surface area contributed by atoms with E-state index >= 15 is 0 Å². The lowest BCUT2D eigenvalue weighted by Gasteiger charge is -2.06. The second kappa shape index (κ2) is 8.26. The summed E-state index contributed by atoms with van der Waals surface area (Å²) in [7, 11) is 0. The average Bonchev–Trinajstić information content (AvgIpc) is 2.61. The molecule has 0 radical (unpaired) electrons. The van der Waals surface area contributed by atoms with Crippen LogP contribution in [0, 0.1) is 0 Å². The number of nitrogens with zero attached hydrogens (tertiary/aromatic N) is 1. The highest BCUT2D eigenvalue weighted by atomic mass is 35.5. The number of anilines is 1. The third kappa shape index (κ3) is 5.13. The van der Waals surface area contributed by atoms with Crippen molar-refractivity contribution in [3.63, 3.8) is 0 Å². The monoisotopic (exact) mass is 390 g/mol. The summed E-state index contributed by atoms with van der Waals surface area (Å²) in [5, 5.41) is 5.83. The highest BCUT2D eigenvalue weighted by molar-refractivity contribution is 6.42. The van der Waals surface area contributed by atoms with Crippen LogP contribution in [0.5, 0.6) is 11.5 Å². The van der Waals surface area contributed by atoms with Gasteiger partial charge in [-0.1, -0.05) is 34.8 Å². The molecule has 3 rings (SSSR count). The average molecular weight is 392 g/mol. The Hall–Kier alpha value is -2.20. The van der Waals surface area contributed by atoms with Gasteiger partial charge in [0.1, 0.15) is 11.5 Å². The zero-order valence-electron chi connectivity index (χ0n) is 12.9. The SMILES string of the molecule is Clc1ccc(Oc2ccc(C=NNc3ccc(Cl)c(Cl)c3)cc2)cc1. The zero-order valence-corrected chi connectivity index (χ0v) is 15.2. The molecule has 3 nitrogen and oxygen atoms in total. The maximum atomic E-state index is 5.96. The van der Waals surface area contributed by atoms with Crippen LogP contribution in [0.1, 0.15) is 5.56 Å². The van der Waals surface area contributed by atoms with Crippen molar-refractivity contribution >= 4 is 46.7 Å². The largest absolute Gasteiger partial charge is 0.457 e. The Labute approximate surface area is 160 Å². The summed E-state index contributed by atoms with van der Waals surface area (Å²) in [5.74, 6) is 1.46. The maximum Gasteiger partial charge on any atom is 0.127 e. The van der Waals surface area contributed by atoms with Crippen LogP contribution in [0.2, 0.25) is 15.1 Å². The van der Waals surface area contributed by atoms with E-state index in [0.717, 1.165) is 22.7 Å². The third-order valence-corrected chi connectivity index (χ3v) is 4.25. The number of hydrogen-bond donors (Lipinski definition) is 1. The molecule has 0 aliphatic heterocycles. The third-order valence-electron chi connectivity index (χ3n) is 3.26. The van der Waals surface area contributed by atoms with Crippen molar-refractivity contribution in [3.8, 4) is 11.5 Å². The molecule has 0 saturated heterocycles. The van der Waals surface area contributed by atoms with Gasteiger partial charge in [-0.2, -0.15) is 5.10 Å². The molecule has 0 heterocycles. The maximum absolute atomic E-state index is 5.96. The van der Waals surface area contributed by atoms with E-state index in [1.165, 1.54) is 0 Å². The van der Waals surface area contributed by atoms with Gasteiger partial charge in [-0.3, -0.25) is 5.43 Å². The van der Waals surface area contributed by atoms with E-state index in [1.807, 2.05) is 36.4 Å². The van der Waals surface area contributed by atoms with Crippen molar-refractivity contribution in [1.82, 2.24) is 0 Å². The van der Waals surface area contributed by atoms with E-state index in [-0.39, 0.29) is 0 Å². The molecule has 3 aromatic rings. The van der Waals surface area contributed by atoms with Gasteiger partial charge in [0.25, 0.3) is 0 Å². The highest BCUT2D eigenvalue weighted by Crippen LogP contribution is 2.25. The number of ether oxygens (including phenoxy) is 1. The predicted molar refractivity (Wildman–Crippen MR) is 106 cm³/mol. The van der Waals surface area contributed by atoms with Gasteiger partial charge in [0.05, 0.1) is 21.9 Å². The molecule has 0 aliphatic carbocycles. The second-order valence-corrected chi connectivity index (χ2v) is 6.37. The van der Waals surface area contributed by atoms with E-state index < -0.39 is 0 Å². The van der Waals surface area contributed by atoms with E-state index in [4.69, 9.17) is 39.5 Å². The van der Waals surface area contributed by atoms with E-state index in [1.54, 1.807) is 36.5 Å². The lowest BCUT2D eigenvalue weighted by atomic mass is 10.2. The van der Waals surface area contributed by atoms with Crippen LogP contribution in [-0.4, -0.2) is 6.21 Å². The summed E-state index contributed by atoms with van der Waals surface area (Å²) in [6, 6.07) is 20.0. The Kier molecular flexibility index (Phi) is 5.82. The second-order valence-electron chi connectivity index (χ2n) is 5.12. The number of halogens is 3. The summed E-state index contributed by atoms with van der Waals surface area (Å²) in [6.07, 6.45) is 1.70. The molecular weight excluding hydrogens is 379 g/mol. The number of nitrogens with one attached hydrogen (secondary N) is 1. The molecule has 6 heteroatoms. The Morgan fingerprint density at radius 3 is 2.04 bits per heavy atom. The van der Waals surface area contributed by atoms with Crippen molar-refractivity contribution in [2.24, 2.45) is 5.10 Å². The minimum absolute atomic E-state index is 0.477. The van der Waals surface area contributed by atoms with Crippen LogP contribution in [0.25, 0.3) is 0 Å². The number of hydrazone groups is 1. The lowest BCUT2D eigenvalue weighted by molar-refractivity contribution is 0.482. The van der Waals surface area contributed by atoms with Gasteiger partial charge in [-0.05, 0) is 72.3 Å². The molecule has 0 unspecified atom stereocenters. The molecule has 126 valence electrons. The fourth-order valence-corrected chi connectivity index (χ4v) is 2.43. The molecule has 0 atom stereocenters. The fourth-order valence-electron chi connectivity index (χ4n) is 2.01. The molecule has 25 heavy (non-hydrogen) atoms. The summed E-state index contributed by atoms with van der Waals surface area (Å²) < 4.78 is 5.74. The van der Waals surface area contributed by atoms with Crippen LogP contribution in [0.15, 0.2) is 71.8 Å². The van der Waals surface area contributed by atoms with E-state index in [9.17, 15) is 0 Å². The minimum atomic E-state index is 0.477. The van der Waals surface area contributed by atoms with Crippen LogP contribution < -0.4 is 10.2 Å². The van der Waals surface area contributed by atoms with Crippen LogP contribution >= 0.6 is 34.8 Å². The molecule has 1 N–H and O–H groups in total. The van der Waals surface area contributed by atoms with Crippen LogP contribution in [-0.2, 0) is 0 Å². The molecule has 0 saturated carbocycles. The minimum Gasteiger partial charge on any atom is -0.457 e. The lowest BCUT2D eigenvalue weighted by Crippen LogP contribution is -1.91. The first-order valence-corrected chi connectivity index (χ1v) is 8.51. The predicted octanol–water partition coefficient (Wildman–Crippen LogP) is 6.89. The van der Waals surface area contributed by atoms with Gasteiger partial charge in [-0.25, -0.2) is 0 Å². The number of benzene rings is 3. The number of hydrogen-bond acceptors (Lipinski definition) is 3. The Balaban J connectivity index is 1.60. The van der Waals surface area contributed by atoms with Gasteiger partial charge >= 0.3 is 0 Å². The van der Waals surface area contributed by atoms with Crippen molar-refractivity contribution in [2.45, 2.75) is 0 Å². The molecule has 0 fully saturated rings. The van der Waals surface area contributed by atoms with Gasteiger partial charge in [0, 0.05) is 5.02 Å². The first-order valence-electron chi connectivity index (χ1n) is 7.38. The van der Waals surface area contributed by atoms with Crippen LogP contribution in [0.3, 0.4) is 0 Å². The van der Waals surface area contributed by atoms with Gasteiger partial charge in [0.15, 0.2) is 0 Å². The Morgan fingerprint density at radius 1 is 0.760 bits per heavy atom. The van der Waals surface area contributed by atoms with Crippen molar-refractivity contribution in [2.75, 3.05) is 5.43 Å². The molecule has 0 aliphatic rings. The van der Waals surface area contributed by atoms with Crippen LogP contribution in [0.4, 0.5) is 5.69 Å². The highest BCUT2D eigenvalue weighted by Gasteiger charge is 1.99. The number of rotatable bonds is 5. The normalized spacial score (nSPS) is 10.8. The summed E-state index contributed by atoms with van der Waals surface area (Å²) in [5.41, 5.74) is 4.59. The van der Waals surface area contributed by atoms with Crippen molar-refractivity contribution in [1.29, 1.82) is 0 Å². The Bertz CT molecular complexity index is 878. The first-order chi connectivity index (χ1) is 12.1. The standard InChI is InChI=1S/C19H13Cl3N2O/c20-14-3-8-17(9-4-14)25-16-6-1-13(2-7-16)12-23-24-15-5-10-18(21)19(22)11-15/h1-12,24H. The zero-order chi connectivity index (χ0) is 17.6. The van der Waals surface area contributed by atoms with E-state index in [0.29, 0.717) is 15.1 Å². The summed E-state index contributed by atoms with van der Waals surface area (Å²) >= 11 is 17.7. The molecule has 0 aromatic heterocycles. The molecule has 3 aromatic carbocycles.